The fourth-order valence-electron chi connectivity index (χ4n) is 1.99. The second-order valence-corrected chi connectivity index (χ2v) is 4.32. The van der Waals surface area contributed by atoms with Gasteiger partial charge < -0.3 is 4.57 Å². The van der Waals surface area contributed by atoms with Crippen LogP contribution < -0.4 is 0 Å². The van der Waals surface area contributed by atoms with Gasteiger partial charge in [0.15, 0.2) is 5.82 Å². The molecule has 0 atom stereocenters. The summed E-state index contributed by atoms with van der Waals surface area (Å²) >= 11 is 0. The highest BCUT2D eigenvalue weighted by molar-refractivity contribution is 6.07. The third-order valence-electron chi connectivity index (χ3n) is 2.86. The average molecular weight is 282 g/mol. The maximum atomic E-state index is 12.9. The van der Waals surface area contributed by atoms with Gasteiger partial charge in [-0.1, -0.05) is 25.1 Å². The second-order valence-electron chi connectivity index (χ2n) is 4.32. The Bertz CT molecular complexity index is 617. The van der Waals surface area contributed by atoms with E-state index in [9.17, 15) is 18.0 Å². The second kappa shape index (κ2) is 5.48. The molecule has 0 aliphatic heterocycles. The average Bonchev–Trinajstić information content (AvgIpc) is 2.85. The number of ketones is 1. The van der Waals surface area contributed by atoms with Crippen molar-refractivity contribution in [2.75, 3.05) is 0 Å². The highest BCUT2D eigenvalue weighted by Gasteiger charge is 2.35. The van der Waals surface area contributed by atoms with Gasteiger partial charge in [0.1, 0.15) is 0 Å². The lowest BCUT2D eigenvalue weighted by Gasteiger charge is -2.12. The lowest BCUT2D eigenvalue weighted by molar-refractivity contribution is -0.137. The molecule has 2 aromatic rings. The van der Waals surface area contributed by atoms with E-state index in [1.54, 1.807) is 10.8 Å². The van der Waals surface area contributed by atoms with Crippen molar-refractivity contribution in [1.29, 1.82) is 0 Å². The van der Waals surface area contributed by atoms with Gasteiger partial charge >= 0.3 is 6.18 Å². The zero-order valence-corrected chi connectivity index (χ0v) is 10.8. The first kappa shape index (κ1) is 14.3. The van der Waals surface area contributed by atoms with Crippen molar-refractivity contribution in [3.05, 3.63) is 53.6 Å². The van der Waals surface area contributed by atoms with E-state index in [1.165, 1.54) is 24.4 Å². The van der Waals surface area contributed by atoms with E-state index >= 15 is 0 Å². The summed E-state index contributed by atoms with van der Waals surface area (Å²) < 4.78 is 40.3. The van der Waals surface area contributed by atoms with Gasteiger partial charge in [-0.2, -0.15) is 13.2 Å². The van der Waals surface area contributed by atoms with Gasteiger partial charge in [-0.15, -0.1) is 0 Å². The Balaban J connectivity index is 2.46. The van der Waals surface area contributed by atoms with E-state index in [4.69, 9.17) is 0 Å². The number of carbonyl (C=O) groups is 1. The Morgan fingerprint density at radius 1 is 1.30 bits per heavy atom. The molecule has 0 radical (unpaired) electrons. The molecule has 2 rings (SSSR count). The largest absolute Gasteiger partial charge is 0.417 e. The third-order valence-corrected chi connectivity index (χ3v) is 2.86. The minimum absolute atomic E-state index is 0.0311. The molecule has 1 aromatic heterocycles. The summed E-state index contributed by atoms with van der Waals surface area (Å²) in [4.78, 5) is 16.2. The molecule has 0 amide bonds. The van der Waals surface area contributed by atoms with Gasteiger partial charge in [0, 0.05) is 24.5 Å². The topological polar surface area (TPSA) is 34.9 Å². The van der Waals surface area contributed by atoms with Crippen molar-refractivity contribution >= 4 is 5.78 Å². The van der Waals surface area contributed by atoms with Gasteiger partial charge in [-0.3, -0.25) is 4.79 Å². The van der Waals surface area contributed by atoms with Crippen molar-refractivity contribution in [2.45, 2.75) is 26.1 Å². The van der Waals surface area contributed by atoms with Crippen LogP contribution in [-0.4, -0.2) is 15.3 Å². The number of benzene rings is 1. The first-order valence-corrected chi connectivity index (χ1v) is 6.17. The molecule has 0 unspecified atom stereocenters. The molecule has 3 nitrogen and oxygen atoms in total. The number of nitrogens with zero attached hydrogens (tertiary/aromatic N) is 2. The molecule has 20 heavy (non-hydrogen) atoms. The van der Waals surface area contributed by atoms with Crippen LogP contribution in [0.25, 0.3) is 0 Å². The Hall–Kier alpha value is -2.11. The summed E-state index contributed by atoms with van der Waals surface area (Å²) in [5.41, 5.74) is -1.31. The summed E-state index contributed by atoms with van der Waals surface area (Å²) in [6.45, 7) is 2.45. The van der Waals surface area contributed by atoms with E-state index in [1.807, 2.05) is 6.92 Å². The number of alkyl halides is 3. The van der Waals surface area contributed by atoms with Crippen LogP contribution in [-0.2, 0) is 12.7 Å². The van der Waals surface area contributed by atoms with Crippen LogP contribution >= 0.6 is 0 Å². The summed E-state index contributed by atoms with van der Waals surface area (Å²) in [5.74, 6) is -0.681. The van der Waals surface area contributed by atoms with E-state index in [-0.39, 0.29) is 11.4 Å². The molecule has 0 fully saturated rings. The Morgan fingerprint density at radius 2 is 2.00 bits per heavy atom. The molecule has 1 aromatic carbocycles. The van der Waals surface area contributed by atoms with E-state index in [2.05, 4.69) is 4.98 Å². The predicted octanol–water partition coefficient (Wildman–Crippen LogP) is 3.54. The van der Waals surface area contributed by atoms with E-state index in [0.717, 1.165) is 12.5 Å². The molecular weight excluding hydrogens is 269 g/mol. The Morgan fingerprint density at radius 3 is 2.65 bits per heavy atom. The molecule has 0 N–H and O–H groups in total. The van der Waals surface area contributed by atoms with E-state index < -0.39 is 17.5 Å². The Labute approximate surface area is 114 Å². The van der Waals surface area contributed by atoms with E-state index in [0.29, 0.717) is 6.54 Å². The maximum Gasteiger partial charge on any atom is 0.417 e. The fourth-order valence-corrected chi connectivity index (χ4v) is 1.99. The molecule has 1 heterocycles. The highest BCUT2D eigenvalue weighted by atomic mass is 19.4. The molecule has 0 bridgehead atoms. The van der Waals surface area contributed by atoms with Crippen LogP contribution in [0.15, 0.2) is 36.7 Å². The summed E-state index contributed by atoms with van der Waals surface area (Å²) in [6.07, 6.45) is -0.794. The number of hydrogen-bond donors (Lipinski definition) is 0. The third kappa shape index (κ3) is 2.74. The molecule has 106 valence electrons. The molecule has 0 aliphatic rings. The van der Waals surface area contributed by atoms with Crippen molar-refractivity contribution in [2.24, 2.45) is 0 Å². The number of rotatable bonds is 4. The summed E-state index contributed by atoms with van der Waals surface area (Å²) in [7, 11) is 0. The normalized spacial score (nSPS) is 11.6. The van der Waals surface area contributed by atoms with Crippen LogP contribution in [0, 0.1) is 0 Å². The first-order valence-electron chi connectivity index (χ1n) is 6.17. The number of imidazole rings is 1. The van der Waals surface area contributed by atoms with Crippen LogP contribution in [0.2, 0.25) is 0 Å². The summed E-state index contributed by atoms with van der Waals surface area (Å²) in [6, 6.07) is 4.75. The van der Waals surface area contributed by atoms with Crippen LogP contribution in [0.5, 0.6) is 0 Å². The fraction of sp³-hybridized carbons (Fsp3) is 0.286. The van der Waals surface area contributed by atoms with Gasteiger partial charge in [0.2, 0.25) is 5.78 Å². The molecule has 6 heteroatoms. The number of halogens is 3. The lowest BCUT2D eigenvalue weighted by Crippen LogP contribution is -2.17. The van der Waals surface area contributed by atoms with Gasteiger partial charge in [-0.05, 0) is 12.5 Å². The highest BCUT2D eigenvalue weighted by Crippen LogP contribution is 2.32. The monoisotopic (exact) mass is 282 g/mol. The van der Waals surface area contributed by atoms with Crippen LogP contribution in [0.1, 0.15) is 35.1 Å². The lowest BCUT2D eigenvalue weighted by atomic mass is 10.0. The smallest absolute Gasteiger partial charge is 0.328 e. The molecule has 0 saturated carbocycles. The van der Waals surface area contributed by atoms with Crippen molar-refractivity contribution in [3.8, 4) is 0 Å². The Kier molecular flexibility index (Phi) is 3.92. The molecule has 0 aliphatic carbocycles. The molecule has 0 spiro atoms. The number of hydrogen-bond acceptors (Lipinski definition) is 2. The maximum absolute atomic E-state index is 12.9. The van der Waals surface area contributed by atoms with Crippen LogP contribution in [0.3, 0.4) is 0 Å². The molecule has 0 saturated heterocycles. The summed E-state index contributed by atoms with van der Waals surface area (Å²) in [5, 5.41) is 0. The van der Waals surface area contributed by atoms with Crippen molar-refractivity contribution < 1.29 is 18.0 Å². The quantitative estimate of drug-likeness (QED) is 0.804. The van der Waals surface area contributed by atoms with Crippen molar-refractivity contribution in [3.63, 3.8) is 0 Å². The van der Waals surface area contributed by atoms with Gasteiger partial charge in [0.05, 0.1) is 5.56 Å². The van der Waals surface area contributed by atoms with Gasteiger partial charge in [0.25, 0.3) is 0 Å². The van der Waals surface area contributed by atoms with Gasteiger partial charge in [-0.25, -0.2) is 4.98 Å². The number of aromatic nitrogens is 2. The first-order chi connectivity index (χ1) is 9.45. The molecular formula is C14H13F3N2O. The van der Waals surface area contributed by atoms with Crippen LogP contribution in [0.4, 0.5) is 13.2 Å². The minimum atomic E-state index is -4.56. The predicted molar refractivity (Wildman–Crippen MR) is 67.4 cm³/mol. The zero-order valence-electron chi connectivity index (χ0n) is 10.8. The number of aryl methyl sites for hydroxylation is 1. The van der Waals surface area contributed by atoms with Crippen molar-refractivity contribution in [1.82, 2.24) is 9.55 Å². The standard InChI is InChI=1S/C14H13F3N2O/c1-2-8-19-9-7-18-13(19)12(20)10-5-3-4-6-11(10)14(15,16)17/h3-7,9H,2,8H2,1H3. The zero-order chi connectivity index (χ0) is 14.8. The number of carbonyl (C=O) groups excluding carboxylic acids is 1. The SMILES string of the molecule is CCCn1ccnc1C(=O)c1ccccc1C(F)(F)F. The minimum Gasteiger partial charge on any atom is -0.328 e.